The molecule has 1 aromatic carbocycles. The first kappa shape index (κ1) is 13.7. The van der Waals surface area contributed by atoms with Crippen LogP contribution in [-0.2, 0) is 14.9 Å². The number of ether oxygens (including phenoxy) is 2. The Balaban J connectivity index is 2.15. The topological polar surface area (TPSA) is 35.5 Å². The molecule has 1 fully saturated rings. The number of carbonyl (C=O) groups excluding carboxylic acids is 1. The number of rotatable bonds is 5. The van der Waals surface area contributed by atoms with Gasteiger partial charge in [0.15, 0.2) is 0 Å². The number of allylic oxidation sites excluding steroid dienone is 1. The molecular formula is C16H20O3. The molecule has 0 bridgehead atoms. The van der Waals surface area contributed by atoms with Gasteiger partial charge in [-0.15, -0.1) is 0 Å². The van der Waals surface area contributed by atoms with E-state index >= 15 is 0 Å². The summed E-state index contributed by atoms with van der Waals surface area (Å²) in [6, 6.07) is 8.09. The molecule has 0 saturated heterocycles. The molecule has 19 heavy (non-hydrogen) atoms. The van der Waals surface area contributed by atoms with E-state index in [9.17, 15) is 4.79 Å². The van der Waals surface area contributed by atoms with E-state index in [1.807, 2.05) is 25.1 Å². The normalized spacial score (nSPS) is 16.9. The predicted molar refractivity (Wildman–Crippen MR) is 74.3 cm³/mol. The summed E-state index contributed by atoms with van der Waals surface area (Å²) in [5.74, 6) is 0.592. The Kier molecular flexibility index (Phi) is 4.25. The maximum absolute atomic E-state index is 11.4. The Labute approximate surface area is 114 Å². The van der Waals surface area contributed by atoms with Crippen LogP contribution in [-0.4, -0.2) is 19.7 Å². The van der Waals surface area contributed by atoms with Gasteiger partial charge in [-0.05, 0) is 37.5 Å². The van der Waals surface area contributed by atoms with Crippen LogP contribution >= 0.6 is 0 Å². The van der Waals surface area contributed by atoms with Gasteiger partial charge >= 0.3 is 5.97 Å². The summed E-state index contributed by atoms with van der Waals surface area (Å²) in [7, 11) is 1.66. The third kappa shape index (κ3) is 2.98. The Hall–Kier alpha value is -1.77. The van der Waals surface area contributed by atoms with Crippen molar-refractivity contribution in [3.8, 4) is 5.75 Å². The van der Waals surface area contributed by atoms with Crippen LogP contribution in [0, 0.1) is 0 Å². The number of hydrogen-bond acceptors (Lipinski definition) is 3. The van der Waals surface area contributed by atoms with Gasteiger partial charge in [-0.1, -0.05) is 24.6 Å². The number of carbonyl (C=O) groups is 1. The van der Waals surface area contributed by atoms with Gasteiger partial charge in [0.25, 0.3) is 0 Å². The Morgan fingerprint density at radius 2 is 2.00 bits per heavy atom. The minimum absolute atomic E-state index is 0.000959. The second-order valence-corrected chi connectivity index (χ2v) is 4.82. The first-order chi connectivity index (χ1) is 9.20. The van der Waals surface area contributed by atoms with E-state index in [2.05, 4.69) is 12.1 Å². The molecule has 1 aliphatic carbocycles. The van der Waals surface area contributed by atoms with E-state index in [0.717, 1.165) is 18.6 Å². The SMILES string of the molecule is CCOC(=O)/C=C/C1(c2ccc(OC)cc2)CCC1. The zero-order chi connectivity index (χ0) is 13.7. The lowest BCUT2D eigenvalue weighted by molar-refractivity contribution is -0.137. The van der Waals surface area contributed by atoms with E-state index in [1.165, 1.54) is 12.0 Å². The van der Waals surface area contributed by atoms with E-state index in [0.29, 0.717) is 6.61 Å². The van der Waals surface area contributed by atoms with E-state index in [1.54, 1.807) is 13.2 Å². The lowest BCUT2D eigenvalue weighted by atomic mass is 9.64. The van der Waals surface area contributed by atoms with Gasteiger partial charge in [-0.25, -0.2) is 4.79 Å². The van der Waals surface area contributed by atoms with Crippen molar-refractivity contribution >= 4 is 5.97 Å². The van der Waals surface area contributed by atoms with E-state index in [4.69, 9.17) is 9.47 Å². The molecule has 0 atom stereocenters. The molecule has 102 valence electrons. The van der Waals surface area contributed by atoms with Crippen molar-refractivity contribution in [1.82, 2.24) is 0 Å². The van der Waals surface area contributed by atoms with Gasteiger partial charge in [0.2, 0.25) is 0 Å². The van der Waals surface area contributed by atoms with Gasteiger partial charge in [-0.3, -0.25) is 0 Å². The second-order valence-electron chi connectivity index (χ2n) is 4.82. The van der Waals surface area contributed by atoms with Crippen LogP contribution in [0.3, 0.4) is 0 Å². The predicted octanol–water partition coefficient (Wildman–Crippen LogP) is 3.24. The third-order valence-corrected chi connectivity index (χ3v) is 3.74. The van der Waals surface area contributed by atoms with Crippen LogP contribution in [0.2, 0.25) is 0 Å². The van der Waals surface area contributed by atoms with Gasteiger partial charge < -0.3 is 9.47 Å². The zero-order valence-electron chi connectivity index (χ0n) is 11.5. The number of benzene rings is 1. The summed E-state index contributed by atoms with van der Waals surface area (Å²) < 4.78 is 10.1. The highest BCUT2D eigenvalue weighted by Crippen LogP contribution is 2.45. The fourth-order valence-electron chi connectivity index (χ4n) is 2.45. The molecule has 1 saturated carbocycles. The zero-order valence-corrected chi connectivity index (χ0v) is 11.5. The van der Waals surface area contributed by atoms with Crippen LogP contribution in [0.4, 0.5) is 0 Å². The summed E-state index contributed by atoms with van der Waals surface area (Å²) in [6.07, 6.45) is 6.91. The summed E-state index contributed by atoms with van der Waals surface area (Å²) in [4.78, 5) is 11.4. The quantitative estimate of drug-likeness (QED) is 0.602. The fourth-order valence-corrected chi connectivity index (χ4v) is 2.45. The first-order valence-electron chi connectivity index (χ1n) is 6.71. The first-order valence-corrected chi connectivity index (χ1v) is 6.71. The van der Waals surface area contributed by atoms with Gasteiger partial charge in [0.1, 0.15) is 5.75 Å². The van der Waals surface area contributed by atoms with E-state index in [-0.39, 0.29) is 11.4 Å². The molecule has 0 aliphatic heterocycles. The lowest BCUT2D eigenvalue weighted by Gasteiger charge is -2.40. The van der Waals surface area contributed by atoms with Crippen LogP contribution in [0.15, 0.2) is 36.4 Å². The number of hydrogen-bond donors (Lipinski definition) is 0. The molecule has 0 spiro atoms. The summed E-state index contributed by atoms with van der Waals surface area (Å²) in [5, 5.41) is 0. The van der Waals surface area contributed by atoms with Gasteiger partial charge in [0, 0.05) is 11.5 Å². The summed E-state index contributed by atoms with van der Waals surface area (Å²) in [6.45, 7) is 2.23. The number of esters is 1. The highest BCUT2D eigenvalue weighted by atomic mass is 16.5. The second kappa shape index (κ2) is 5.91. The van der Waals surface area contributed by atoms with Crippen molar-refractivity contribution < 1.29 is 14.3 Å². The van der Waals surface area contributed by atoms with E-state index < -0.39 is 0 Å². The van der Waals surface area contributed by atoms with Crippen LogP contribution in [0.5, 0.6) is 5.75 Å². The van der Waals surface area contributed by atoms with Crippen LogP contribution < -0.4 is 4.74 Å². The molecule has 0 unspecified atom stereocenters. The molecular weight excluding hydrogens is 240 g/mol. The average molecular weight is 260 g/mol. The molecule has 1 aliphatic rings. The van der Waals surface area contributed by atoms with Crippen molar-refractivity contribution in [3.05, 3.63) is 42.0 Å². The van der Waals surface area contributed by atoms with Gasteiger partial charge in [-0.2, -0.15) is 0 Å². The van der Waals surface area contributed by atoms with Crippen molar-refractivity contribution in [2.75, 3.05) is 13.7 Å². The number of methoxy groups -OCH3 is 1. The molecule has 3 heteroatoms. The molecule has 0 heterocycles. The van der Waals surface area contributed by atoms with Gasteiger partial charge in [0.05, 0.1) is 13.7 Å². The molecule has 2 rings (SSSR count). The molecule has 0 N–H and O–H groups in total. The molecule has 0 radical (unpaired) electrons. The summed E-state index contributed by atoms with van der Waals surface area (Å²) >= 11 is 0. The minimum atomic E-state index is -0.262. The molecule has 3 nitrogen and oxygen atoms in total. The summed E-state index contributed by atoms with van der Waals surface area (Å²) in [5.41, 5.74) is 1.24. The molecule has 0 aromatic heterocycles. The average Bonchev–Trinajstić information content (AvgIpc) is 2.38. The van der Waals surface area contributed by atoms with Crippen molar-refractivity contribution in [1.29, 1.82) is 0 Å². The van der Waals surface area contributed by atoms with Crippen molar-refractivity contribution in [2.24, 2.45) is 0 Å². The van der Waals surface area contributed by atoms with Crippen LogP contribution in [0.25, 0.3) is 0 Å². The standard InChI is InChI=1S/C16H20O3/c1-3-19-15(17)9-12-16(10-4-11-16)13-5-7-14(18-2)8-6-13/h5-9,12H,3-4,10-11H2,1-2H3/b12-9+. The molecule has 1 aromatic rings. The van der Waals surface area contributed by atoms with Crippen molar-refractivity contribution in [2.45, 2.75) is 31.6 Å². The Bertz CT molecular complexity index is 455. The monoisotopic (exact) mass is 260 g/mol. The molecule has 0 amide bonds. The highest BCUT2D eigenvalue weighted by Gasteiger charge is 2.36. The Morgan fingerprint density at radius 1 is 1.32 bits per heavy atom. The largest absolute Gasteiger partial charge is 0.497 e. The highest BCUT2D eigenvalue weighted by molar-refractivity contribution is 5.82. The maximum atomic E-state index is 11.4. The van der Waals surface area contributed by atoms with Crippen LogP contribution in [0.1, 0.15) is 31.7 Å². The smallest absolute Gasteiger partial charge is 0.330 e. The Morgan fingerprint density at radius 3 is 2.47 bits per heavy atom. The third-order valence-electron chi connectivity index (χ3n) is 3.74. The lowest BCUT2D eigenvalue weighted by Crippen LogP contribution is -2.32. The van der Waals surface area contributed by atoms with Crippen molar-refractivity contribution in [3.63, 3.8) is 0 Å². The minimum Gasteiger partial charge on any atom is -0.497 e. The maximum Gasteiger partial charge on any atom is 0.330 e. The fraction of sp³-hybridized carbons (Fsp3) is 0.438.